The average Bonchev–Trinajstić information content (AvgIpc) is 2.74. The number of carbonyl (C=O) groups is 1. The number of amides is 1. The smallest absolute Gasteiger partial charge is 0.255 e. The van der Waals surface area contributed by atoms with E-state index in [1.54, 1.807) is 11.3 Å². The lowest BCUT2D eigenvalue weighted by atomic mass is 9.95. The van der Waals surface area contributed by atoms with Crippen molar-refractivity contribution in [2.24, 2.45) is 5.73 Å². The second kappa shape index (κ2) is 5.50. The maximum absolute atomic E-state index is 12.4. The van der Waals surface area contributed by atoms with Gasteiger partial charge in [-0.25, -0.2) is 0 Å². The van der Waals surface area contributed by atoms with Gasteiger partial charge in [0.05, 0.1) is 9.35 Å². The van der Waals surface area contributed by atoms with E-state index in [9.17, 15) is 4.79 Å². The predicted molar refractivity (Wildman–Crippen MR) is 74.3 cm³/mol. The Balaban J connectivity index is 2.21. The summed E-state index contributed by atoms with van der Waals surface area (Å²) >= 11 is 4.94. The van der Waals surface area contributed by atoms with E-state index in [0.29, 0.717) is 12.6 Å². The van der Waals surface area contributed by atoms with E-state index in [1.165, 1.54) is 6.42 Å². The molecule has 1 amide bonds. The lowest BCUT2D eigenvalue weighted by molar-refractivity contribution is 0.0494. The van der Waals surface area contributed by atoms with Gasteiger partial charge in [0.15, 0.2) is 0 Å². The number of likely N-dealkylation sites (tertiary alicyclic amines) is 1. The highest BCUT2D eigenvalue weighted by atomic mass is 79.9. The number of nitrogens with zero attached hydrogens (tertiary/aromatic N) is 1. The zero-order valence-electron chi connectivity index (χ0n) is 9.86. The second-order valence-electron chi connectivity index (χ2n) is 4.52. The van der Waals surface area contributed by atoms with Crippen LogP contribution in [0.5, 0.6) is 0 Å². The molecule has 1 aromatic rings. The molecule has 0 saturated carbocycles. The minimum Gasteiger partial charge on any atom is -0.332 e. The molecule has 0 bridgehead atoms. The highest BCUT2D eigenvalue weighted by Gasteiger charge is 2.31. The van der Waals surface area contributed by atoms with Crippen molar-refractivity contribution < 1.29 is 4.79 Å². The van der Waals surface area contributed by atoms with Gasteiger partial charge in [-0.05, 0) is 48.2 Å². The zero-order chi connectivity index (χ0) is 12.4. The van der Waals surface area contributed by atoms with Crippen molar-refractivity contribution in [1.82, 2.24) is 4.90 Å². The largest absolute Gasteiger partial charge is 0.332 e. The minimum absolute atomic E-state index is 0.120. The summed E-state index contributed by atoms with van der Waals surface area (Å²) in [6.07, 6.45) is 3.27. The van der Waals surface area contributed by atoms with E-state index in [0.717, 1.165) is 22.2 Å². The number of thiophene rings is 1. The maximum Gasteiger partial charge on any atom is 0.255 e. The molecule has 17 heavy (non-hydrogen) atoms. The standard InChI is InChI=1S/C12H17BrN2OS/c1-8-3-2-4-10(6-14)15(8)12(16)9-5-11(13)17-7-9/h5,7-8,10H,2-4,6,14H2,1H3. The molecule has 2 unspecified atom stereocenters. The molecular formula is C12H17BrN2OS. The summed E-state index contributed by atoms with van der Waals surface area (Å²) in [7, 11) is 0. The molecule has 1 fully saturated rings. The van der Waals surface area contributed by atoms with Crippen LogP contribution in [-0.4, -0.2) is 29.4 Å². The molecule has 2 atom stereocenters. The van der Waals surface area contributed by atoms with Gasteiger partial charge in [-0.3, -0.25) is 4.79 Å². The highest BCUT2D eigenvalue weighted by molar-refractivity contribution is 9.11. The van der Waals surface area contributed by atoms with Crippen molar-refractivity contribution in [2.45, 2.75) is 38.3 Å². The van der Waals surface area contributed by atoms with Gasteiger partial charge in [-0.1, -0.05) is 0 Å². The molecule has 2 heterocycles. The Bertz CT molecular complexity index is 407. The molecule has 0 spiro atoms. The summed E-state index contributed by atoms with van der Waals surface area (Å²) < 4.78 is 0.995. The maximum atomic E-state index is 12.4. The predicted octanol–water partition coefficient (Wildman–Crippen LogP) is 2.85. The molecule has 3 nitrogen and oxygen atoms in total. The molecule has 0 radical (unpaired) electrons. The summed E-state index contributed by atoms with van der Waals surface area (Å²) in [4.78, 5) is 14.4. The molecule has 2 rings (SSSR count). The first-order chi connectivity index (χ1) is 8.13. The van der Waals surface area contributed by atoms with Gasteiger partial charge in [0.2, 0.25) is 0 Å². The third-order valence-electron chi connectivity index (χ3n) is 3.35. The lowest BCUT2D eigenvalue weighted by Gasteiger charge is -2.40. The molecule has 5 heteroatoms. The van der Waals surface area contributed by atoms with Crippen molar-refractivity contribution in [3.05, 3.63) is 20.8 Å². The number of rotatable bonds is 2. The summed E-state index contributed by atoms with van der Waals surface area (Å²) in [5.41, 5.74) is 6.55. The third-order valence-corrected chi connectivity index (χ3v) is 4.85. The van der Waals surface area contributed by atoms with Crippen LogP contribution in [0.2, 0.25) is 0 Å². The fraction of sp³-hybridized carbons (Fsp3) is 0.583. The Morgan fingerprint density at radius 1 is 1.65 bits per heavy atom. The molecule has 0 aromatic carbocycles. The molecule has 2 N–H and O–H groups in total. The first-order valence-electron chi connectivity index (χ1n) is 5.90. The zero-order valence-corrected chi connectivity index (χ0v) is 12.3. The van der Waals surface area contributed by atoms with E-state index in [4.69, 9.17) is 5.73 Å². The van der Waals surface area contributed by atoms with Gasteiger partial charge >= 0.3 is 0 Å². The Morgan fingerprint density at radius 2 is 2.41 bits per heavy atom. The van der Waals surface area contributed by atoms with E-state index < -0.39 is 0 Å². The average molecular weight is 317 g/mol. The quantitative estimate of drug-likeness (QED) is 0.912. The second-order valence-corrected chi connectivity index (χ2v) is 6.81. The van der Waals surface area contributed by atoms with Gasteiger partial charge in [-0.2, -0.15) is 0 Å². The fourth-order valence-corrected chi connectivity index (χ4v) is 3.59. The van der Waals surface area contributed by atoms with Crippen LogP contribution in [0.25, 0.3) is 0 Å². The van der Waals surface area contributed by atoms with Crippen LogP contribution in [0.1, 0.15) is 36.5 Å². The van der Waals surface area contributed by atoms with E-state index >= 15 is 0 Å². The number of nitrogens with two attached hydrogens (primary N) is 1. The van der Waals surface area contributed by atoms with Gasteiger partial charge in [0, 0.05) is 24.0 Å². The Kier molecular flexibility index (Phi) is 4.22. The van der Waals surface area contributed by atoms with Crippen LogP contribution in [0.15, 0.2) is 15.2 Å². The van der Waals surface area contributed by atoms with Crippen molar-refractivity contribution in [1.29, 1.82) is 0 Å². The first-order valence-corrected chi connectivity index (χ1v) is 7.57. The van der Waals surface area contributed by atoms with E-state index in [-0.39, 0.29) is 11.9 Å². The van der Waals surface area contributed by atoms with Crippen molar-refractivity contribution in [3.63, 3.8) is 0 Å². The third kappa shape index (κ3) is 2.72. The SMILES string of the molecule is CC1CCCC(CN)N1C(=O)c1csc(Br)c1. The van der Waals surface area contributed by atoms with Crippen LogP contribution in [0, 0.1) is 0 Å². The van der Waals surface area contributed by atoms with Crippen molar-refractivity contribution >= 4 is 33.2 Å². The van der Waals surface area contributed by atoms with E-state index in [2.05, 4.69) is 22.9 Å². The monoisotopic (exact) mass is 316 g/mol. The number of piperidine rings is 1. The van der Waals surface area contributed by atoms with Crippen LogP contribution in [0.3, 0.4) is 0 Å². The van der Waals surface area contributed by atoms with Gasteiger partial charge in [-0.15, -0.1) is 11.3 Å². The summed E-state index contributed by atoms with van der Waals surface area (Å²) in [6, 6.07) is 2.38. The van der Waals surface area contributed by atoms with Crippen LogP contribution >= 0.6 is 27.3 Å². The molecule has 94 valence electrons. The van der Waals surface area contributed by atoms with Crippen LogP contribution in [0.4, 0.5) is 0 Å². The van der Waals surface area contributed by atoms with Crippen LogP contribution < -0.4 is 5.73 Å². The molecule has 1 saturated heterocycles. The Hall–Kier alpha value is -0.390. The highest BCUT2D eigenvalue weighted by Crippen LogP contribution is 2.27. The first kappa shape index (κ1) is 13.1. The summed E-state index contributed by atoms with van der Waals surface area (Å²) in [6.45, 7) is 2.67. The van der Waals surface area contributed by atoms with Crippen molar-refractivity contribution in [3.8, 4) is 0 Å². The van der Waals surface area contributed by atoms with Gasteiger partial charge in [0.25, 0.3) is 5.91 Å². The topological polar surface area (TPSA) is 46.3 Å². The van der Waals surface area contributed by atoms with Gasteiger partial charge in [0.1, 0.15) is 0 Å². The molecule has 0 aliphatic carbocycles. The lowest BCUT2D eigenvalue weighted by Crippen LogP contribution is -2.51. The summed E-state index contributed by atoms with van der Waals surface area (Å²) in [5, 5.41) is 1.90. The molecular weight excluding hydrogens is 300 g/mol. The Labute approximate surface area is 114 Å². The number of carbonyl (C=O) groups excluding carboxylic acids is 1. The minimum atomic E-state index is 0.120. The molecule has 1 aliphatic rings. The number of halogens is 1. The fourth-order valence-electron chi connectivity index (χ4n) is 2.46. The normalized spacial score (nSPS) is 25.0. The van der Waals surface area contributed by atoms with E-state index in [1.807, 2.05) is 16.3 Å². The molecule has 1 aliphatic heterocycles. The summed E-state index contributed by atoms with van der Waals surface area (Å²) in [5.74, 6) is 0.120. The number of hydrogen-bond donors (Lipinski definition) is 1. The number of hydrogen-bond acceptors (Lipinski definition) is 3. The van der Waals surface area contributed by atoms with Crippen LogP contribution in [-0.2, 0) is 0 Å². The van der Waals surface area contributed by atoms with Gasteiger partial charge < -0.3 is 10.6 Å². The Morgan fingerprint density at radius 3 is 3.00 bits per heavy atom. The molecule has 1 aromatic heterocycles. The van der Waals surface area contributed by atoms with Crippen molar-refractivity contribution in [2.75, 3.05) is 6.54 Å².